The van der Waals surface area contributed by atoms with Crippen LogP contribution in [0.4, 0.5) is 5.69 Å². The maximum atomic E-state index is 5.24. The smallest absolute Gasteiger partial charge is 0.133 e. The minimum Gasteiger partial charge on any atom is -0.496 e. The summed E-state index contributed by atoms with van der Waals surface area (Å²) in [6.07, 6.45) is 3.61. The molecule has 0 aromatic heterocycles. The van der Waals surface area contributed by atoms with Gasteiger partial charge >= 0.3 is 0 Å². The van der Waals surface area contributed by atoms with E-state index in [-0.39, 0.29) is 0 Å². The number of methoxy groups -OCH3 is 1. The van der Waals surface area contributed by atoms with Crippen LogP contribution in [-0.2, 0) is 0 Å². The van der Waals surface area contributed by atoms with E-state index in [1.54, 1.807) is 7.11 Å². The van der Waals surface area contributed by atoms with E-state index >= 15 is 0 Å². The summed E-state index contributed by atoms with van der Waals surface area (Å²) < 4.78 is 6.23. The molecular weight excluding hydrogens is 290 g/mol. The Morgan fingerprint density at radius 3 is 2.50 bits per heavy atom. The van der Waals surface area contributed by atoms with Crippen molar-refractivity contribution in [2.75, 3.05) is 12.4 Å². The molecule has 3 heteroatoms. The minimum absolute atomic E-state index is 0.542. The second-order valence-electron chi connectivity index (χ2n) is 4.85. The molecule has 0 spiro atoms. The molecule has 102 valence electrons. The predicted octanol–water partition coefficient (Wildman–Crippen LogP) is 5.08. The highest BCUT2D eigenvalue weighted by Crippen LogP contribution is 2.28. The van der Waals surface area contributed by atoms with Gasteiger partial charge in [-0.2, -0.15) is 0 Å². The number of hydrogen-bond acceptors (Lipinski definition) is 2. The molecule has 0 fully saturated rings. The van der Waals surface area contributed by atoms with Crippen LogP contribution in [0, 0.1) is 5.92 Å². The van der Waals surface area contributed by atoms with Crippen molar-refractivity contribution < 1.29 is 4.74 Å². The van der Waals surface area contributed by atoms with Gasteiger partial charge in [0.05, 0.1) is 11.6 Å². The molecule has 0 aliphatic rings. The van der Waals surface area contributed by atoms with Crippen molar-refractivity contribution in [1.29, 1.82) is 0 Å². The number of nitrogens with one attached hydrogen (secondary N) is 1. The summed E-state index contributed by atoms with van der Waals surface area (Å²) >= 11 is 3.52. The lowest BCUT2D eigenvalue weighted by atomic mass is 9.97. The number of hydrogen-bond donors (Lipinski definition) is 1. The van der Waals surface area contributed by atoms with Gasteiger partial charge < -0.3 is 10.1 Å². The van der Waals surface area contributed by atoms with Crippen molar-refractivity contribution >= 4 is 21.6 Å². The van der Waals surface area contributed by atoms with Gasteiger partial charge in [0.2, 0.25) is 0 Å². The lowest BCUT2D eigenvalue weighted by Crippen LogP contribution is -2.21. The van der Waals surface area contributed by atoms with Gasteiger partial charge in [0, 0.05) is 11.7 Å². The van der Waals surface area contributed by atoms with Gasteiger partial charge in [0.15, 0.2) is 0 Å². The lowest BCUT2D eigenvalue weighted by molar-refractivity contribution is 0.412. The summed E-state index contributed by atoms with van der Waals surface area (Å²) in [5.41, 5.74) is 1.15. The Morgan fingerprint density at radius 2 is 2.00 bits per heavy atom. The molecule has 0 bridgehead atoms. The zero-order chi connectivity index (χ0) is 13.5. The minimum atomic E-state index is 0.542. The number of ether oxygens (including phenoxy) is 1. The second kappa shape index (κ2) is 7.67. The molecule has 1 N–H and O–H groups in total. The highest BCUT2D eigenvalue weighted by atomic mass is 79.9. The molecule has 1 rings (SSSR count). The van der Waals surface area contributed by atoms with E-state index in [9.17, 15) is 0 Å². The van der Waals surface area contributed by atoms with Crippen molar-refractivity contribution in [3.8, 4) is 5.75 Å². The standard InChI is InChI=1S/C15H24BrNO/c1-5-11(3)9-12(6-2)17-13-7-8-15(18-4)14(16)10-13/h7-8,10-12,17H,5-6,9H2,1-4H3. The Kier molecular flexibility index (Phi) is 6.55. The zero-order valence-corrected chi connectivity index (χ0v) is 13.4. The fraction of sp³-hybridized carbons (Fsp3) is 0.600. The van der Waals surface area contributed by atoms with Crippen LogP contribution in [0.15, 0.2) is 22.7 Å². The first-order chi connectivity index (χ1) is 8.60. The van der Waals surface area contributed by atoms with Crippen LogP contribution >= 0.6 is 15.9 Å². The Bertz CT molecular complexity index is 368. The molecule has 18 heavy (non-hydrogen) atoms. The Labute approximate surface area is 119 Å². The van der Waals surface area contributed by atoms with E-state index in [1.807, 2.05) is 6.07 Å². The largest absolute Gasteiger partial charge is 0.496 e. The number of rotatable bonds is 7. The van der Waals surface area contributed by atoms with Gasteiger partial charge in [-0.15, -0.1) is 0 Å². The molecule has 0 aliphatic carbocycles. The summed E-state index contributed by atoms with van der Waals surface area (Å²) in [5.74, 6) is 1.64. The molecule has 0 amide bonds. The summed E-state index contributed by atoms with van der Waals surface area (Å²) in [4.78, 5) is 0. The summed E-state index contributed by atoms with van der Waals surface area (Å²) in [6, 6.07) is 6.68. The fourth-order valence-electron chi connectivity index (χ4n) is 1.97. The average molecular weight is 314 g/mol. The third-order valence-electron chi connectivity index (χ3n) is 3.40. The quantitative estimate of drug-likeness (QED) is 0.757. The molecule has 0 aliphatic heterocycles. The van der Waals surface area contributed by atoms with Crippen LogP contribution in [0.1, 0.15) is 40.0 Å². The molecule has 2 nitrogen and oxygen atoms in total. The Hall–Kier alpha value is -0.700. The van der Waals surface area contributed by atoms with Crippen molar-refractivity contribution in [2.45, 2.75) is 46.1 Å². The van der Waals surface area contributed by atoms with Crippen LogP contribution < -0.4 is 10.1 Å². The van der Waals surface area contributed by atoms with Gasteiger partial charge in [-0.05, 0) is 52.9 Å². The molecule has 1 aromatic rings. The van der Waals surface area contributed by atoms with Crippen molar-refractivity contribution in [1.82, 2.24) is 0 Å². The van der Waals surface area contributed by atoms with E-state index < -0.39 is 0 Å². The molecule has 2 unspecified atom stereocenters. The normalized spacial score (nSPS) is 14.1. The van der Waals surface area contributed by atoms with E-state index in [2.05, 4.69) is 54.2 Å². The summed E-state index contributed by atoms with van der Waals surface area (Å²) in [7, 11) is 1.69. The molecule has 1 aromatic carbocycles. The SMILES string of the molecule is CCC(C)CC(CC)Nc1ccc(OC)c(Br)c1. The topological polar surface area (TPSA) is 21.3 Å². The molecule has 0 saturated carbocycles. The summed E-state index contributed by atoms with van der Waals surface area (Å²) in [6.45, 7) is 6.80. The van der Waals surface area contributed by atoms with E-state index in [0.717, 1.165) is 28.2 Å². The first-order valence-electron chi connectivity index (χ1n) is 6.70. The third kappa shape index (κ3) is 4.52. The van der Waals surface area contributed by atoms with Crippen LogP contribution in [0.2, 0.25) is 0 Å². The van der Waals surface area contributed by atoms with Crippen molar-refractivity contribution in [3.05, 3.63) is 22.7 Å². The summed E-state index contributed by atoms with van der Waals surface area (Å²) in [5, 5.41) is 3.60. The second-order valence-corrected chi connectivity index (χ2v) is 5.70. The van der Waals surface area contributed by atoms with Gasteiger partial charge in [-0.3, -0.25) is 0 Å². The number of halogens is 1. The fourth-order valence-corrected chi connectivity index (χ4v) is 2.51. The van der Waals surface area contributed by atoms with Gasteiger partial charge in [-0.1, -0.05) is 27.2 Å². The molecule has 0 saturated heterocycles. The molecular formula is C15H24BrNO. The zero-order valence-electron chi connectivity index (χ0n) is 11.8. The van der Waals surface area contributed by atoms with Gasteiger partial charge in [0.1, 0.15) is 5.75 Å². The van der Waals surface area contributed by atoms with E-state index in [1.165, 1.54) is 12.8 Å². The van der Waals surface area contributed by atoms with Gasteiger partial charge in [0.25, 0.3) is 0 Å². The first kappa shape index (κ1) is 15.4. The van der Waals surface area contributed by atoms with Crippen LogP contribution in [0.5, 0.6) is 5.75 Å². The van der Waals surface area contributed by atoms with Crippen molar-refractivity contribution in [2.24, 2.45) is 5.92 Å². The maximum absolute atomic E-state index is 5.24. The molecule has 0 heterocycles. The maximum Gasteiger partial charge on any atom is 0.133 e. The van der Waals surface area contributed by atoms with Gasteiger partial charge in [-0.25, -0.2) is 0 Å². The average Bonchev–Trinajstić information content (AvgIpc) is 2.38. The first-order valence-corrected chi connectivity index (χ1v) is 7.50. The monoisotopic (exact) mass is 313 g/mol. The highest BCUT2D eigenvalue weighted by Gasteiger charge is 2.11. The number of anilines is 1. The van der Waals surface area contributed by atoms with E-state index in [0.29, 0.717) is 6.04 Å². The van der Waals surface area contributed by atoms with Crippen LogP contribution in [0.25, 0.3) is 0 Å². The molecule has 2 atom stereocenters. The lowest BCUT2D eigenvalue weighted by Gasteiger charge is -2.21. The highest BCUT2D eigenvalue weighted by molar-refractivity contribution is 9.10. The Balaban J connectivity index is 2.67. The Morgan fingerprint density at radius 1 is 1.28 bits per heavy atom. The molecule has 0 radical (unpaired) electrons. The van der Waals surface area contributed by atoms with Crippen LogP contribution in [0.3, 0.4) is 0 Å². The number of benzene rings is 1. The third-order valence-corrected chi connectivity index (χ3v) is 4.02. The van der Waals surface area contributed by atoms with E-state index in [4.69, 9.17) is 4.74 Å². The van der Waals surface area contributed by atoms with Crippen molar-refractivity contribution in [3.63, 3.8) is 0 Å². The predicted molar refractivity (Wildman–Crippen MR) is 82.5 cm³/mol. The van der Waals surface area contributed by atoms with Crippen LogP contribution in [-0.4, -0.2) is 13.2 Å².